The molecule has 0 aliphatic heterocycles. The molecule has 0 unspecified atom stereocenters. The van der Waals surface area contributed by atoms with Crippen molar-refractivity contribution in [3.63, 3.8) is 0 Å². The minimum absolute atomic E-state index is 1.01. The van der Waals surface area contributed by atoms with Crippen LogP contribution in [0.1, 0.15) is 0 Å². The quantitative estimate of drug-likeness (QED) is 0.143. The van der Waals surface area contributed by atoms with E-state index in [1.54, 1.807) is 0 Å². The first-order valence-electron chi connectivity index (χ1n) is 16.1. The van der Waals surface area contributed by atoms with Gasteiger partial charge in [-0.05, 0) is 62.0 Å². The van der Waals surface area contributed by atoms with Crippen molar-refractivity contribution in [3.8, 4) is 33.5 Å². The standard InChI is InChI=1S/C45H27NS/c1-3-13-28(14-4-1)41-31-17-7-9-19-33(31)42(34-20-10-8-18-32(34)41)30-23-24-35-38(27-30)46-45(29-15-5-2-6-16-29)37-25-26-40-44(43(35)37)36-21-11-12-22-39(36)47-40/h1-27H. The molecule has 1 nitrogen and oxygen atoms in total. The molecule has 0 fully saturated rings. The van der Waals surface area contributed by atoms with Crippen LogP contribution in [0.4, 0.5) is 0 Å². The predicted molar refractivity (Wildman–Crippen MR) is 203 cm³/mol. The van der Waals surface area contributed by atoms with Crippen LogP contribution >= 0.6 is 11.3 Å². The van der Waals surface area contributed by atoms with Gasteiger partial charge in [-0.15, -0.1) is 11.3 Å². The Kier molecular flexibility index (Phi) is 5.81. The first-order valence-corrected chi connectivity index (χ1v) is 16.9. The Hall–Kier alpha value is -5.83. The van der Waals surface area contributed by atoms with E-state index in [0.717, 1.165) is 16.8 Å². The van der Waals surface area contributed by atoms with Gasteiger partial charge in [0.15, 0.2) is 0 Å². The molecule has 0 aliphatic rings. The SMILES string of the molecule is c1ccc(-c2c3ccccc3c(-c3ccc4c(c3)nc(-c3ccccc3)c3ccc5sc6ccccc6c5c34)c3ccccc23)cc1. The highest BCUT2D eigenvalue weighted by Crippen LogP contribution is 2.46. The van der Waals surface area contributed by atoms with Gasteiger partial charge in [-0.25, -0.2) is 4.98 Å². The van der Waals surface area contributed by atoms with Crippen LogP contribution in [0.2, 0.25) is 0 Å². The van der Waals surface area contributed by atoms with E-state index in [9.17, 15) is 0 Å². The Morgan fingerprint density at radius 1 is 0.340 bits per heavy atom. The van der Waals surface area contributed by atoms with Crippen LogP contribution in [0.3, 0.4) is 0 Å². The molecule has 0 aliphatic carbocycles. The summed E-state index contributed by atoms with van der Waals surface area (Å²) in [6, 6.07) is 59.5. The summed E-state index contributed by atoms with van der Waals surface area (Å²) in [6.45, 7) is 0. The van der Waals surface area contributed by atoms with Gasteiger partial charge in [0.1, 0.15) is 0 Å². The zero-order valence-corrected chi connectivity index (χ0v) is 26.3. The highest BCUT2D eigenvalue weighted by atomic mass is 32.1. The predicted octanol–water partition coefficient (Wildman–Crippen LogP) is 13.1. The largest absolute Gasteiger partial charge is 0.247 e. The Labute approximate surface area is 276 Å². The molecule has 0 radical (unpaired) electrons. The molecule has 8 aromatic carbocycles. The number of aromatic nitrogens is 1. The third kappa shape index (κ3) is 3.99. The molecule has 0 N–H and O–H groups in total. The minimum atomic E-state index is 1.01. The lowest BCUT2D eigenvalue weighted by molar-refractivity contribution is 1.43. The molecule has 218 valence electrons. The van der Waals surface area contributed by atoms with E-state index in [2.05, 4.69) is 164 Å². The van der Waals surface area contributed by atoms with E-state index in [-0.39, 0.29) is 0 Å². The molecule has 0 spiro atoms. The fourth-order valence-corrected chi connectivity index (χ4v) is 8.75. The second kappa shape index (κ2) is 10.3. The lowest BCUT2D eigenvalue weighted by Gasteiger charge is -2.18. The number of rotatable bonds is 3. The molecular weight excluding hydrogens is 587 g/mol. The van der Waals surface area contributed by atoms with Crippen molar-refractivity contribution in [2.45, 2.75) is 0 Å². The van der Waals surface area contributed by atoms with E-state index in [1.165, 1.54) is 80.1 Å². The van der Waals surface area contributed by atoms with Gasteiger partial charge in [-0.2, -0.15) is 0 Å². The van der Waals surface area contributed by atoms with Gasteiger partial charge in [0.25, 0.3) is 0 Å². The molecule has 0 amide bonds. The Bertz CT molecular complexity index is 2770. The molecular formula is C45H27NS. The second-order valence-corrected chi connectivity index (χ2v) is 13.3. The van der Waals surface area contributed by atoms with Crippen molar-refractivity contribution in [1.29, 1.82) is 0 Å². The number of hydrogen-bond donors (Lipinski definition) is 0. The van der Waals surface area contributed by atoms with E-state index < -0.39 is 0 Å². The normalized spacial score (nSPS) is 11.8. The molecule has 2 heteroatoms. The van der Waals surface area contributed by atoms with Gasteiger partial charge < -0.3 is 0 Å². The molecule has 10 aromatic rings. The Morgan fingerprint density at radius 3 is 1.53 bits per heavy atom. The molecule has 0 saturated heterocycles. The summed E-state index contributed by atoms with van der Waals surface area (Å²) in [5, 5.41) is 11.3. The maximum absolute atomic E-state index is 5.46. The van der Waals surface area contributed by atoms with Crippen molar-refractivity contribution in [1.82, 2.24) is 4.98 Å². The molecule has 2 aromatic heterocycles. The topological polar surface area (TPSA) is 12.9 Å². The summed E-state index contributed by atoms with van der Waals surface area (Å²) in [4.78, 5) is 5.46. The van der Waals surface area contributed by atoms with E-state index in [4.69, 9.17) is 4.98 Å². The number of nitrogens with zero attached hydrogens (tertiary/aromatic N) is 1. The van der Waals surface area contributed by atoms with Crippen molar-refractivity contribution < 1.29 is 0 Å². The monoisotopic (exact) mass is 613 g/mol. The summed E-state index contributed by atoms with van der Waals surface area (Å²) < 4.78 is 2.62. The van der Waals surface area contributed by atoms with Gasteiger partial charge >= 0.3 is 0 Å². The molecule has 0 atom stereocenters. The molecule has 47 heavy (non-hydrogen) atoms. The van der Waals surface area contributed by atoms with Gasteiger partial charge in [0.2, 0.25) is 0 Å². The van der Waals surface area contributed by atoms with Crippen LogP contribution in [0.25, 0.3) is 96.9 Å². The zero-order valence-electron chi connectivity index (χ0n) is 25.4. The lowest BCUT2D eigenvalue weighted by atomic mass is 9.85. The van der Waals surface area contributed by atoms with E-state index >= 15 is 0 Å². The first-order chi connectivity index (χ1) is 23.3. The Morgan fingerprint density at radius 2 is 0.872 bits per heavy atom. The summed E-state index contributed by atoms with van der Waals surface area (Å²) in [6.07, 6.45) is 0. The van der Waals surface area contributed by atoms with E-state index in [0.29, 0.717) is 0 Å². The highest BCUT2D eigenvalue weighted by Gasteiger charge is 2.19. The zero-order chi connectivity index (χ0) is 30.9. The summed E-state index contributed by atoms with van der Waals surface area (Å²) in [5.74, 6) is 0. The van der Waals surface area contributed by atoms with E-state index in [1.807, 2.05) is 11.3 Å². The fraction of sp³-hybridized carbons (Fsp3) is 0. The van der Waals surface area contributed by atoms with Crippen LogP contribution in [0.5, 0.6) is 0 Å². The smallest absolute Gasteiger partial charge is 0.0788 e. The van der Waals surface area contributed by atoms with Crippen LogP contribution in [-0.2, 0) is 0 Å². The van der Waals surface area contributed by atoms with Crippen molar-refractivity contribution in [2.24, 2.45) is 0 Å². The number of pyridine rings is 1. The number of fused-ring (bicyclic) bond motifs is 9. The van der Waals surface area contributed by atoms with Crippen LogP contribution < -0.4 is 0 Å². The lowest BCUT2D eigenvalue weighted by Crippen LogP contribution is -1.93. The summed E-state index contributed by atoms with van der Waals surface area (Å²) >= 11 is 1.87. The first kappa shape index (κ1) is 26.4. The molecule has 0 saturated carbocycles. The van der Waals surface area contributed by atoms with Crippen molar-refractivity contribution >= 4 is 74.7 Å². The maximum Gasteiger partial charge on any atom is 0.0788 e. The second-order valence-electron chi connectivity index (χ2n) is 12.2. The number of benzene rings is 8. The third-order valence-corrected chi connectivity index (χ3v) is 10.8. The van der Waals surface area contributed by atoms with Crippen molar-refractivity contribution in [2.75, 3.05) is 0 Å². The Balaban J connectivity index is 1.34. The fourth-order valence-electron chi connectivity index (χ4n) is 7.64. The van der Waals surface area contributed by atoms with Gasteiger partial charge in [0, 0.05) is 41.9 Å². The van der Waals surface area contributed by atoms with Gasteiger partial charge in [-0.3, -0.25) is 0 Å². The van der Waals surface area contributed by atoms with Gasteiger partial charge in [-0.1, -0.05) is 146 Å². The third-order valence-electron chi connectivity index (χ3n) is 9.63. The van der Waals surface area contributed by atoms with Crippen LogP contribution in [0, 0.1) is 0 Å². The highest BCUT2D eigenvalue weighted by molar-refractivity contribution is 7.26. The maximum atomic E-state index is 5.46. The molecule has 0 bridgehead atoms. The summed E-state index contributed by atoms with van der Waals surface area (Å²) in [7, 11) is 0. The molecule has 10 rings (SSSR count). The van der Waals surface area contributed by atoms with Crippen LogP contribution in [0.15, 0.2) is 164 Å². The summed E-state index contributed by atoms with van der Waals surface area (Å²) in [5.41, 5.74) is 8.11. The number of thiophene rings is 1. The van der Waals surface area contributed by atoms with Gasteiger partial charge in [0.05, 0.1) is 11.2 Å². The molecule has 2 heterocycles. The number of hydrogen-bond acceptors (Lipinski definition) is 2. The van der Waals surface area contributed by atoms with Crippen molar-refractivity contribution in [3.05, 3.63) is 164 Å². The van der Waals surface area contributed by atoms with Crippen LogP contribution in [-0.4, -0.2) is 4.98 Å². The minimum Gasteiger partial charge on any atom is -0.247 e. The average Bonchev–Trinajstić information content (AvgIpc) is 3.53. The average molecular weight is 614 g/mol.